The number of hydrogen-bond donors (Lipinski definition) is 1. The first-order chi connectivity index (χ1) is 11.4. The maximum absolute atomic E-state index is 6.45. The zero-order valence-corrected chi connectivity index (χ0v) is 14.4. The molecule has 0 unspecified atom stereocenters. The summed E-state index contributed by atoms with van der Waals surface area (Å²) in [5.41, 5.74) is 5.96. The third-order valence-corrected chi connectivity index (χ3v) is 4.78. The number of fused-ring (bicyclic) bond motifs is 3. The lowest BCUT2D eigenvalue weighted by atomic mass is 9.86. The van der Waals surface area contributed by atoms with E-state index in [-0.39, 0.29) is 5.41 Å². The van der Waals surface area contributed by atoms with Gasteiger partial charge in [-0.15, -0.1) is 0 Å². The normalized spacial score (nSPS) is 12.1. The minimum atomic E-state index is 0.111. The van der Waals surface area contributed by atoms with Crippen LogP contribution < -0.4 is 5.84 Å². The highest BCUT2D eigenvalue weighted by Gasteiger charge is 2.17. The van der Waals surface area contributed by atoms with E-state index >= 15 is 0 Å². The van der Waals surface area contributed by atoms with Crippen LogP contribution in [0.2, 0.25) is 0 Å². The molecule has 1 aromatic heterocycles. The fourth-order valence-electron chi connectivity index (χ4n) is 3.32. The molecule has 4 aromatic rings. The number of nitrogens with two attached hydrogens (primary N) is 1. The van der Waals surface area contributed by atoms with Crippen LogP contribution in [-0.2, 0) is 5.41 Å². The topological polar surface area (TPSA) is 30.9 Å². The van der Waals surface area contributed by atoms with E-state index in [1.807, 2.05) is 10.7 Å². The van der Waals surface area contributed by atoms with Gasteiger partial charge in [-0.3, -0.25) is 4.68 Å². The molecular weight excluding hydrogens is 292 g/mol. The number of hydrogen-bond acceptors (Lipinski definition) is 1. The second kappa shape index (κ2) is 5.13. The Kier molecular flexibility index (Phi) is 3.17. The summed E-state index contributed by atoms with van der Waals surface area (Å²) in [7, 11) is 0. The lowest BCUT2D eigenvalue weighted by Gasteiger charge is -2.19. The molecule has 0 spiro atoms. The van der Waals surface area contributed by atoms with Crippen LogP contribution in [-0.4, -0.2) is 4.68 Å². The average Bonchev–Trinajstić information content (AvgIpc) is 2.87. The molecule has 0 aliphatic rings. The molecule has 0 bridgehead atoms. The van der Waals surface area contributed by atoms with Crippen molar-refractivity contribution in [3.8, 4) is 11.1 Å². The van der Waals surface area contributed by atoms with E-state index in [4.69, 9.17) is 5.84 Å². The molecule has 1 heterocycles. The van der Waals surface area contributed by atoms with Crippen LogP contribution >= 0.6 is 0 Å². The summed E-state index contributed by atoms with van der Waals surface area (Å²) in [6.07, 6.45) is 0. The van der Waals surface area contributed by atoms with E-state index in [0.717, 1.165) is 11.0 Å². The summed E-state index contributed by atoms with van der Waals surface area (Å²) in [6.45, 7) is 6.68. The van der Waals surface area contributed by atoms with E-state index in [0.29, 0.717) is 0 Å². The zero-order chi connectivity index (χ0) is 16.9. The average molecular weight is 314 g/mol. The molecule has 3 aromatic carbocycles. The van der Waals surface area contributed by atoms with Gasteiger partial charge in [0.2, 0.25) is 0 Å². The highest BCUT2D eigenvalue weighted by atomic mass is 15.3. The predicted octanol–water partition coefficient (Wildman–Crippen LogP) is 5.47. The van der Waals surface area contributed by atoms with Crippen molar-refractivity contribution in [3.05, 3.63) is 72.3 Å². The first-order valence-electron chi connectivity index (χ1n) is 8.34. The van der Waals surface area contributed by atoms with Gasteiger partial charge < -0.3 is 5.84 Å². The van der Waals surface area contributed by atoms with Gasteiger partial charge in [-0.25, -0.2) is 0 Å². The van der Waals surface area contributed by atoms with Crippen molar-refractivity contribution in [1.29, 1.82) is 0 Å². The molecule has 0 aliphatic heterocycles. The third kappa shape index (κ3) is 2.26. The number of aromatic nitrogens is 1. The predicted molar refractivity (Wildman–Crippen MR) is 104 cm³/mol. The first kappa shape index (κ1) is 14.8. The van der Waals surface area contributed by atoms with Crippen LogP contribution in [0.1, 0.15) is 26.3 Å². The van der Waals surface area contributed by atoms with Crippen LogP contribution in [0.25, 0.3) is 32.9 Å². The van der Waals surface area contributed by atoms with Gasteiger partial charge in [0, 0.05) is 10.8 Å². The van der Waals surface area contributed by atoms with Gasteiger partial charge >= 0.3 is 0 Å². The Morgan fingerprint density at radius 1 is 0.708 bits per heavy atom. The van der Waals surface area contributed by atoms with Crippen LogP contribution in [0.5, 0.6) is 0 Å². The van der Waals surface area contributed by atoms with Crippen molar-refractivity contribution >= 4 is 21.8 Å². The van der Waals surface area contributed by atoms with Gasteiger partial charge in [0.15, 0.2) is 0 Å². The van der Waals surface area contributed by atoms with Crippen molar-refractivity contribution in [2.75, 3.05) is 5.84 Å². The molecule has 2 N–H and O–H groups in total. The maximum Gasteiger partial charge on any atom is 0.0709 e. The molecular formula is C22H22N2. The first-order valence-corrected chi connectivity index (χ1v) is 8.34. The Bertz CT molecular complexity index is 1030. The number of benzene rings is 3. The van der Waals surface area contributed by atoms with Gasteiger partial charge in [-0.1, -0.05) is 75.4 Å². The molecule has 4 rings (SSSR count). The van der Waals surface area contributed by atoms with Crippen molar-refractivity contribution in [3.63, 3.8) is 0 Å². The van der Waals surface area contributed by atoms with Crippen LogP contribution in [0.4, 0.5) is 0 Å². The highest BCUT2D eigenvalue weighted by molar-refractivity contribution is 6.09. The van der Waals surface area contributed by atoms with E-state index in [2.05, 4.69) is 81.4 Å². The summed E-state index contributed by atoms with van der Waals surface area (Å²) in [6, 6.07) is 23.6. The Morgan fingerprint density at radius 2 is 1.33 bits per heavy atom. The van der Waals surface area contributed by atoms with Gasteiger partial charge in [-0.05, 0) is 34.2 Å². The summed E-state index contributed by atoms with van der Waals surface area (Å²) < 4.78 is 1.83. The molecule has 24 heavy (non-hydrogen) atoms. The van der Waals surface area contributed by atoms with Crippen molar-refractivity contribution < 1.29 is 0 Å². The SMILES string of the molecule is CC(C)(C)c1ccc2c3ccc(-c4ccccc4)cc3n(N)c2c1. The molecule has 0 saturated heterocycles. The summed E-state index contributed by atoms with van der Waals surface area (Å²) in [5.74, 6) is 6.45. The number of nitrogens with zero attached hydrogens (tertiary/aromatic N) is 1. The fourth-order valence-corrected chi connectivity index (χ4v) is 3.32. The lowest BCUT2D eigenvalue weighted by molar-refractivity contribution is 0.591. The molecule has 0 aliphatic carbocycles. The summed E-state index contributed by atoms with van der Waals surface area (Å²) in [4.78, 5) is 0. The molecule has 120 valence electrons. The maximum atomic E-state index is 6.45. The van der Waals surface area contributed by atoms with Crippen molar-refractivity contribution in [2.24, 2.45) is 0 Å². The number of rotatable bonds is 1. The third-order valence-electron chi connectivity index (χ3n) is 4.78. The van der Waals surface area contributed by atoms with E-state index < -0.39 is 0 Å². The van der Waals surface area contributed by atoms with Crippen molar-refractivity contribution in [2.45, 2.75) is 26.2 Å². The Balaban J connectivity index is 1.98. The summed E-state index contributed by atoms with van der Waals surface area (Å²) >= 11 is 0. The molecule has 2 nitrogen and oxygen atoms in total. The second-order valence-electron chi connectivity index (χ2n) is 7.45. The lowest BCUT2D eigenvalue weighted by Crippen LogP contribution is -2.12. The molecule has 2 heteroatoms. The largest absolute Gasteiger partial charge is 0.339 e. The van der Waals surface area contributed by atoms with E-state index in [1.54, 1.807) is 0 Å². The standard InChI is InChI=1S/C22H22N2/c1-22(2,3)17-10-12-19-18-11-9-16(15-7-5-4-6-8-15)13-20(18)24(23)21(19)14-17/h4-14H,23H2,1-3H3. The van der Waals surface area contributed by atoms with Gasteiger partial charge in [0.05, 0.1) is 11.0 Å². The highest BCUT2D eigenvalue weighted by Crippen LogP contribution is 2.33. The minimum Gasteiger partial charge on any atom is -0.339 e. The van der Waals surface area contributed by atoms with Crippen molar-refractivity contribution in [1.82, 2.24) is 4.68 Å². The van der Waals surface area contributed by atoms with Crippen LogP contribution in [0.15, 0.2) is 66.7 Å². The van der Waals surface area contributed by atoms with Crippen LogP contribution in [0.3, 0.4) is 0 Å². The quantitative estimate of drug-likeness (QED) is 0.464. The molecule has 0 radical (unpaired) electrons. The second-order valence-corrected chi connectivity index (χ2v) is 7.45. The van der Waals surface area contributed by atoms with Crippen LogP contribution in [0, 0.1) is 0 Å². The monoisotopic (exact) mass is 314 g/mol. The fraction of sp³-hybridized carbons (Fsp3) is 0.182. The van der Waals surface area contributed by atoms with Gasteiger partial charge in [0.1, 0.15) is 0 Å². The van der Waals surface area contributed by atoms with Gasteiger partial charge in [-0.2, -0.15) is 0 Å². The van der Waals surface area contributed by atoms with E-state index in [1.165, 1.54) is 27.5 Å². The molecule has 0 saturated carbocycles. The minimum absolute atomic E-state index is 0.111. The van der Waals surface area contributed by atoms with Gasteiger partial charge in [0.25, 0.3) is 0 Å². The Labute approximate surface area is 142 Å². The number of nitrogen functional groups attached to an aromatic ring is 1. The zero-order valence-electron chi connectivity index (χ0n) is 14.4. The Hall–Kier alpha value is -2.74. The van der Waals surface area contributed by atoms with E-state index in [9.17, 15) is 0 Å². The smallest absolute Gasteiger partial charge is 0.0709 e. The molecule has 0 fully saturated rings. The molecule has 0 amide bonds. The Morgan fingerprint density at radius 3 is 2.00 bits per heavy atom. The molecule has 0 atom stereocenters. The summed E-state index contributed by atoms with van der Waals surface area (Å²) in [5, 5.41) is 2.41.